The Morgan fingerprint density at radius 2 is 1.10 bits per heavy atom. The van der Waals surface area contributed by atoms with Gasteiger partial charge in [-0.15, -0.1) is 11.3 Å². The summed E-state index contributed by atoms with van der Waals surface area (Å²) < 4.78 is 31.2. The summed E-state index contributed by atoms with van der Waals surface area (Å²) in [6.07, 6.45) is 2.23. The molecule has 1 fully saturated rings. The molecule has 5 aromatic carbocycles. The molecule has 1 aliphatic carbocycles. The van der Waals surface area contributed by atoms with Gasteiger partial charge in [0, 0.05) is 11.7 Å². The smallest absolute Gasteiger partial charge is 0.333 e. The summed E-state index contributed by atoms with van der Waals surface area (Å²) in [6.45, 7) is 18.3. The molecule has 71 heavy (non-hydrogen) atoms. The molecule has 2 heterocycles. The van der Waals surface area contributed by atoms with Gasteiger partial charge in [-0.3, -0.25) is 14.2 Å². The molecule has 2 aromatic heterocycles. The van der Waals surface area contributed by atoms with Crippen LogP contribution in [-0.4, -0.2) is 51.1 Å². The minimum absolute atomic E-state index is 0.00830. The standard InChI is InChI=1S/C58H67BrN2O7SSi2/c1-40-50-52(62)61(58(8,9)54(63)68-71(57(5,6)7,45-29-19-13-20-30-45)46-31-21-14-22-32-46)55(64)60(53(50)69-51(40)59)39-49(47-33-23-24-34-48(47)65-10)66-41-35-37-42(38-36-41)67-70(56(2,3)4,43-25-15-11-16-26-43)44-27-17-12-18-28-44/h11-34,41-42,49H,35-39H2,1-10H3/t41?,42?,49-/m0/s1. The Kier molecular flexibility index (Phi) is 15.3. The van der Waals surface area contributed by atoms with Crippen LogP contribution in [0.25, 0.3) is 10.2 Å². The SMILES string of the molecule is COc1ccccc1[C@H](Cn1c(=O)n(C(C)(C)C(=O)O[Si](c2ccccc2)(c2ccccc2)C(C)(C)C)c(=O)c2c(C)c(Br)sc21)OC1CCC(O[Si](c2ccccc2)(c2ccccc2)C(C)(C)C)CC1. The first-order chi connectivity index (χ1) is 33.8. The van der Waals surface area contributed by atoms with Crippen molar-refractivity contribution in [1.82, 2.24) is 9.13 Å². The van der Waals surface area contributed by atoms with Gasteiger partial charge in [-0.25, -0.2) is 9.36 Å². The van der Waals surface area contributed by atoms with Crippen molar-refractivity contribution in [3.8, 4) is 5.75 Å². The average Bonchev–Trinajstić information content (AvgIpc) is 3.66. The normalized spacial score (nSPS) is 16.4. The van der Waals surface area contributed by atoms with Gasteiger partial charge >= 0.3 is 20.0 Å². The quantitative estimate of drug-likeness (QED) is 0.0944. The topological polar surface area (TPSA) is 98.0 Å². The van der Waals surface area contributed by atoms with E-state index in [-0.39, 0.29) is 23.8 Å². The first kappa shape index (κ1) is 52.2. The number of thiophene rings is 1. The predicted molar refractivity (Wildman–Crippen MR) is 297 cm³/mol. The Labute approximate surface area is 433 Å². The fourth-order valence-corrected chi connectivity index (χ4v) is 21.6. The Balaban J connectivity index is 1.17. The number of carbonyl (C=O) groups is 1. The van der Waals surface area contributed by atoms with E-state index in [1.54, 1.807) is 25.5 Å². The summed E-state index contributed by atoms with van der Waals surface area (Å²) in [6, 6.07) is 49.0. The molecule has 0 amide bonds. The molecule has 0 spiro atoms. The van der Waals surface area contributed by atoms with Crippen molar-refractivity contribution in [1.29, 1.82) is 0 Å². The second kappa shape index (κ2) is 20.8. The first-order valence-corrected chi connectivity index (χ1v) is 30.1. The van der Waals surface area contributed by atoms with Crippen LogP contribution in [0, 0.1) is 6.92 Å². The van der Waals surface area contributed by atoms with Gasteiger partial charge in [-0.2, -0.15) is 0 Å². The van der Waals surface area contributed by atoms with Gasteiger partial charge in [-0.1, -0.05) is 181 Å². The summed E-state index contributed by atoms with van der Waals surface area (Å²) in [5, 5.41) is 3.96. The molecule has 0 N–H and O–H groups in total. The van der Waals surface area contributed by atoms with E-state index in [9.17, 15) is 0 Å². The summed E-state index contributed by atoms with van der Waals surface area (Å²) in [4.78, 5) is 46.3. The fourth-order valence-electron chi connectivity index (χ4n) is 10.8. The van der Waals surface area contributed by atoms with Crippen molar-refractivity contribution < 1.29 is 23.1 Å². The average molecular weight is 1070 g/mol. The van der Waals surface area contributed by atoms with E-state index in [4.69, 9.17) is 18.3 Å². The van der Waals surface area contributed by atoms with Crippen LogP contribution in [0.4, 0.5) is 0 Å². The molecule has 7 aromatic rings. The molecule has 0 radical (unpaired) electrons. The number of carbonyl (C=O) groups excluding carboxylic acids is 1. The van der Waals surface area contributed by atoms with Crippen LogP contribution in [0.5, 0.6) is 5.75 Å². The molecule has 0 bridgehead atoms. The molecule has 9 nitrogen and oxygen atoms in total. The van der Waals surface area contributed by atoms with Crippen LogP contribution in [0.15, 0.2) is 159 Å². The maximum atomic E-state index is 15.5. The number of aromatic nitrogens is 2. The van der Waals surface area contributed by atoms with Crippen molar-refractivity contribution in [2.45, 2.75) is 128 Å². The van der Waals surface area contributed by atoms with Crippen molar-refractivity contribution >= 4 is 80.8 Å². The van der Waals surface area contributed by atoms with E-state index in [1.807, 2.05) is 91.9 Å². The third-order valence-electron chi connectivity index (χ3n) is 14.4. The highest BCUT2D eigenvalue weighted by Gasteiger charge is 2.55. The second-order valence-corrected chi connectivity index (χ2v) is 32.2. The Bertz CT molecular complexity index is 3010. The van der Waals surface area contributed by atoms with E-state index in [1.165, 1.54) is 21.7 Å². The molecular weight excluding hydrogens is 1000 g/mol. The number of para-hydroxylation sites is 1. The zero-order valence-electron chi connectivity index (χ0n) is 42.7. The van der Waals surface area contributed by atoms with E-state index in [0.29, 0.717) is 21.5 Å². The highest BCUT2D eigenvalue weighted by atomic mass is 79.9. The Hall–Kier alpha value is -5.16. The Morgan fingerprint density at radius 1 is 0.662 bits per heavy atom. The second-order valence-electron chi connectivity index (χ2n) is 21.4. The lowest BCUT2D eigenvalue weighted by atomic mass is 9.94. The molecule has 0 saturated heterocycles. The summed E-state index contributed by atoms with van der Waals surface area (Å²) in [5.74, 6) is -0.0463. The number of rotatable bonds is 15. The number of aryl methyl sites for hydroxylation is 1. The van der Waals surface area contributed by atoms with Crippen LogP contribution >= 0.6 is 27.3 Å². The number of hydrogen-bond acceptors (Lipinski definition) is 8. The minimum atomic E-state index is -3.45. The van der Waals surface area contributed by atoms with Gasteiger partial charge in [0.2, 0.25) is 0 Å². The monoisotopic (exact) mass is 1070 g/mol. The highest BCUT2D eigenvalue weighted by molar-refractivity contribution is 9.11. The zero-order chi connectivity index (χ0) is 50.9. The fraction of sp³-hybridized carbons (Fsp3) is 0.362. The minimum Gasteiger partial charge on any atom is -0.508 e. The highest BCUT2D eigenvalue weighted by Crippen LogP contribution is 2.42. The van der Waals surface area contributed by atoms with Crippen molar-refractivity contribution in [2.75, 3.05) is 7.11 Å². The van der Waals surface area contributed by atoms with Gasteiger partial charge < -0.3 is 18.3 Å². The van der Waals surface area contributed by atoms with Crippen LogP contribution in [-0.2, 0) is 30.5 Å². The molecule has 0 aliphatic heterocycles. The maximum Gasteiger partial charge on any atom is 0.333 e. The molecule has 0 unspecified atom stereocenters. The van der Waals surface area contributed by atoms with Gasteiger partial charge in [0.1, 0.15) is 22.2 Å². The van der Waals surface area contributed by atoms with Crippen LogP contribution < -0.4 is 36.7 Å². The predicted octanol–water partition coefficient (Wildman–Crippen LogP) is 10.8. The number of ether oxygens (including phenoxy) is 2. The molecule has 1 atom stereocenters. The lowest BCUT2D eigenvalue weighted by Crippen LogP contribution is -2.69. The van der Waals surface area contributed by atoms with E-state index in [2.05, 4.69) is 118 Å². The van der Waals surface area contributed by atoms with Crippen LogP contribution in [0.3, 0.4) is 0 Å². The maximum absolute atomic E-state index is 15.5. The molecule has 1 aliphatic rings. The third kappa shape index (κ3) is 9.78. The van der Waals surface area contributed by atoms with Gasteiger partial charge in [-0.05, 0) is 105 Å². The molecule has 1 saturated carbocycles. The lowest BCUT2D eigenvalue weighted by molar-refractivity contribution is -0.144. The number of fused-ring (bicyclic) bond motifs is 1. The lowest BCUT2D eigenvalue weighted by Gasteiger charge is -2.46. The van der Waals surface area contributed by atoms with Crippen molar-refractivity contribution in [2.24, 2.45) is 0 Å². The van der Waals surface area contributed by atoms with E-state index in [0.717, 1.165) is 50.0 Å². The first-order valence-electron chi connectivity index (χ1n) is 24.6. The number of halogens is 1. The van der Waals surface area contributed by atoms with E-state index >= 15 is 14.4 Å². The summed E-state index contributed by atoms with van der Waals surface area (Å²) in [7, 11) is -4.61. The largest absolute Gasteiger partial charge is 0.508 e. The van der Waals surface area contributed by atoms with E-state index < -0.39 is 50.5 Å². The zero-order valence-corrected chi connectivity index (χ0v) is 47.1. The number of methoxy groups -OCH3 is 1. The number of nitrogens with zero attached hydrogens (tertiary/aromatic N) is 2. The number of hydrogen-bond donors (Lipinski definition) is 0. The molecule has 372 valence electrons. The summed E-state index contributed by atoms with van der Waals surface area (Å²) in [5.41, 5.74) is -1.48. The summed E-state index contributed by atoms with van der Waals surface area (Å²) >= 11 is 5.03. The van der Waals surface area contributed by atoms with Gasteiger partial charge in [0.05, 0.1) is 28.9 Å². The van der Waals surface area contributed by atoms with Crippen LogP contribution in [0.2, 0.25) is 10.1 Å². The Morgan fingerprint density at radius 3 is 1.56 bits per heavy atom. The third-order valence-corrected chi connectivity index (χ3v) is 26.6. The van der Waals surface area contributed by atoms with Crippen molar-refractivity contribution in [3.05, 3.63) is 181 Å². The molecule has 13 heteroatoms. The number of benzene rings is 5. The molecular formula is C58H67BrN2O7SSi2. The molecule has 8 rings (SSSR count). The van der Waals surface area contributed by atoms with Gasteiger partial charge in [0.25, 0.3) is 13.9 Å². The van der Waals surface area contributed by atoms with Crippen molar-refractivity contribution in [3.63, 3.8) is 0 Å². The van der Waals surface area contributed by atoms with Gasteiger partial charge in [0.15, 0.2) is 0 Å². The van der Waals surface area contributed by atoms with Crippen LogP contribution in [0.1, 0.15) is 98.3 Å².